The van der Waals surface area contributed by atoms with Crippen molar-refractivity contribution in [1.82, 2.24) is 19.8 Å². The number of hydrogen-bond donors (Lipinski definition) is 2. The van der Waals surface area contributed by atoms with Gasteiger partial charge in [-0.3, -0.25) is 19.0 Å². The number of ether oxygens (including phenoxy) is 1. The van der Waals surface area contributed by atoms with E-state index in [1.54, 1.807) is 32.4 Å². The molecule has 172 valence electrons. The molecule has 1 saturated heterocycles. The van der Waals surface area contributed by atoms with Gasteiger partial charge in [0.15, 0.2) is 4.77 Å². The molecule has 2 aromatic carbocycles. The zero-order valence-corrected chi connectivity index (χ0v) is 19.4. The van der Waals surface area contributed by atoms with E-state index in [0.717, 1.165) is 5.56 Å². The molecule has 4 rings (SSSR count). The second-order valence-electron chi connectivity index (χ2n) is 8.17. The summed E-state index contributed by atoms with van der Waals surface area (Å²) in [4.78, 5) is 42.7. The Labute approximate surface area is 196 Å². The third kappa shape index (κ3) is 4.83. The number of likely N-dealkylation sites (tertiary alicyclic amines) is 1. The van der Waals surface area contributed by atoms with Crippen LogP contribution in [0.1, 0.15) is 28.8 Å². The summed E-state index contributed by atoms with van der Waals surface area (Å²) in [6, 6.07) is 12.4. The smallest absolute Gasteiger partial charge is 0.261 e. The van der Waals surface area contributed by atoms with Crippen LogP contribution in [0.2, 0.25) is 0 Å². The summed E-state index contributed by atoms with van der Waals surface area (Å²) in [6.45, 7) is 1.17. The second-order valence-corrected chi connectivity index (χ2v) is 8.56. The van der Waals surface area contributed by atoms with Gasteiger partial charge in [0.05, 0.1) is 24.4 Å². The first-order valence-electron chi connectivity index (χ1n) is 10.8. The minimum atomic E-state index is -0.212. The highest BCUT2D eigenvalue weighted by atomic mass is 32.1. The fourth-order valence-corrected chi connectivity index (χ4v) is 4.31. The number of carbonyl (C=O) groups excluding carboxylic acids is 2. The van der Waals surface area contributed by atoms with Crippen LogP contribution in [0.5, 0.6) is 5.75 Å². The maximum Gasteiger partial charge on any atom is 0.261 e. The largest absolute Gasteiger partial charge is 0.496 e. The number of aromatic nitrogens is 2. The topological polar surface area (TPSA) is 96.4 Å². The minimum absolute atomic E-state index is 0.0226. The number of nitrogens with one attached hydrogen (secondary N) is 2. The molecule has 0 unspecified atom stereocenters. The molecular formula is C24H26N4O4S. The number of methoxy groups -OCH3 is 1. The van der Waals surface area contributed by atoms with Crippen LogP contribution in [0.3, 0.4) is 0 Å². The van der Waals surface area contributed by atoms with Gasteiger partial charge in [-0.1, -0.05) is 18.2 Å². The third-order valence-corrected chi connectivity index (χ3v) is 6.46. The summed E-state index contributed by atoms with van der Waals surface area (Å²) in [6.07, 6.45) is 1.65. The number of H-pyrrole nitrogens is 1. The normalized spacial score (nSPS) is 14.3. The monoisotopic (exact) mass is 466 g/mol. The molecule has 8 nitrogen and oxygen atoms in total. The Balaban J connectivity index is 1.36. The highest BCUT2D eigenvalue weighted by molar-refractivity contribution is 7.71. The van der Waals surface area contributed by atoms with Crippen molar-refractivity contribution >= 4 is 34.9 Å². The Bertz CT molecular complexity index is 1320. The van der Waals surface area contributed by atoms with Gasteiger partial charge in [0, 0.05) is 37.3 Å². The van der Waals surface area contributed by atoms with Crippen molar-refractivity contribution in [2.45, 2.75) is 25.3 Å². The van der Waals surface area contributed by atoms with Crippen LogP contribution >= 0.6 is 12.2 Å². The molecule has 1 aliphatic heterocycles. The Kier molecular flexibility index (Phi) is 6.60. The molecular weight excluding hydrogens is 440 g/mol. The van der Waals surface area contributed by atoms with Gasteiger partial charge < -0.3 is 19.9 Å². The van der Waals surface area contributed by atoms with Gasteiger partial charge in [-0.15, -0.1) is 0 Å². The zero-order valence-electron chi connectivity index (χ0n) is 18.6. The molecule has 0 spiro atoms. The van der Waals surface area contributed by atoms with E-state index in [0.29, 0.717) is 59.3 Å². The molecule has 0 saturated carbocycles. The molecule has 0 aliphatic carbocycles. The number of piperidine rings is 1. The highest BCUT2D eigenvalue weighted by Crippen LogP contribution is 2.20. The van der Waals surface area contributed by atoms with Gasteiger partial charge in [-0.2, -0.15) is 0 Å². The number of nitrogens with zero attached hydrogens (tertiary/aromatic N) is 2. The van der Waals surface area contributed by atoms with Gasteiger partial charge in [0.2, 0.25) is 5.91 Å². The van der Waals surface area contributed by atoms with Crippen LogP contribution in [0.25, 0.3) is 10.9 Å². The molecule has 0 atom stereocenters. The lowest BCUT2D eigenvalue weighted by Gasteiger charge is -2.32. The van der Waals surface area contributed by atoms with Crippen LogP contribution in [0, 0.1) is 4.77 Å². The van der Waals surface area contributed by atoms with Crippen LogP contribution in [-0.2, 0) is 18.3 Å². The fourth-order valence-electron chi connectivity index (χ4n) is 4.11. The van der Waals surface area contributed by atoms with E-state index in [9.17, 15) is 14.4 Å². The van der Waals surface area contributed by atoms with Crippen molar-refractivity contribution in [3.8, 4) is 5.75 Å². The van der Waals surface area contributed by atoms with E-state index in [2.05, 4.69) is 10.3 Å². The number of aromatic amines is 1. The third-order valence-electron chi connectivity index (χ3n) is 6.08. The number of rotatable bonds is 5. The van der Waals surface area contributed by atoms with Gasteiger partial charge in [-0.25, -0.2) is 0 Å². The molecule has 1 aromatic heterocycles. The Hall–Kier alpha value is -3.46. The summed E-state index contributed by atoms with van der Waals surface area (Å²) in [5.41, 5.74) is 1.65. The first-order valence-corrected chi connectivity index (χ1v) is 11.2. The molecule has 0 bridgehead atoms. The molecule has 1 aliphatic rings. The highest BCUT2D eigenvalue weighted by Gasteiger charge is 2.25. The van der Waals surface area contributed by atoms with Crippen molar-refractivity contribution in [1.29, 1.82) is 0 Å². The Morgan fingerprint density at radius 2 is 1.91 bits per heavy atom. The summed E-state index contributed by atoms with van der Waals surface area (Å²) < 4.78 is 7.00. The van der Waals surface area contributed by atoms with E-state index in [-0.39, 0.29) is 23.4 Å². The number of benzene rings is 2. The maximum absolute atomic E-state index is 12.8. The van der Waals surface area contributed by atoms with Gasteiger partial charge in [0.25, 0.3) is 11.5 Å². The van der Waals surface area contributed by atoms with Crippen molar-refractivity contribution in [2.75, 3.05) is 20.2 Å². The van der Waals surface area contributed by atoms with Crippen LogP contribution in [-0.4, -0.2) is 52.5 Å². The number of carbonyl (C=O) groups is 2. The first kappa shape index (κ1) is 22.7. The SMILES string of the molecule is COc1ccccc1CC(=O)N1CCC(NC(=O)c2ccc3c(=O)n(C)c(=S)[nH]c3c2)CC1. The standard InChI is InChI=1S/C24H26N4O4S/c1-27-23(31)18-8-7-16(13-19(18)26-24(27)33)22(30)25-17-9-11-28(12-10-17)21(29)14-15-5-3-4-6-20(15)32-2/h3-8,13,17H,9-12,14H2,1-2H3,(H,25,30)(H,26,33). The summed E-state index contributed by atoms with van der Waals surface area (Å²) >= 11 is 5.16. The average molecular weight is 467 g/mol. The lowest BCUT2D eigenvalue weighted by molar-refractivity contribution is -0.131. The second kappa shape index (κ2) is 9.58. The molecule has 3 aromatic rings. The van der Waals surface area contributed by atoms with Crippen LogP contribution < -0.4 is 15.6 Å². The maximum atomic E-state index is 12.8. The van der Waals surface area contributed by atoms with E-state index in [1.165, 1.54) is 4.57 Å². The summed E-state index contributed by atoms with van der Waals surface area (Å²) in [5.74, 6) is 0.549. The van der Waals surface area contributed by atoms with Gasteiger partial charge in [-0.05, 0) is 49.3 Å². The van der Waals surface area contributed by atoms with Crippen LogP contribution in [0.4, 0.5) is 0 Å². The molecule has 0 radical (unpaired) electrons. The van der Waals surface area contributed by atoms with Gasteiger partial charge in [0.1, 0.15) is 5.75 Å². The summed E-state index contributed by atoms with van der Waals surface area (Å²) in [7, 11) is 3.20. The van der Waals surface area contributed by atoms with Crippen molar-refractivity contribution in [3.63, 3.8) is 0 Å². The van der Waals surface area contributed by atoms with E-state index in [4.69, 9.17) is 17.0 Å². The number of hydrogen-bond acceptors (Lipinski definition) is 5. The predicted molar refractivity (Wildman–Crippen MR) is 128 cm³/mol. The molecule has 2 amide bonds. The van der Waals surface area contributed by atoms with E-state index >= 15 is 0 Å². The minimum Gasteiger partial charge on any atom is -0.496 e. The number of amides is 2. The lowest BCUT2D eigenvalue weighted by atomic mass is 10.0. The Morgan fingerprint density at radius 1 is 1.18 bits per heavy atom. The quantitative estimate of drug-likeness (QED) is 0.564. The number of para-hydroxylation sites is 1. The number of fused-ring (bicyclic) bond motifs is 1. The zero-order chi connectivity index (χ0) is 23.5. The van der Waals surface area contributed by atoms with Crippen molar-refractivity contribution in [3.05, 3.63) is 68.7 Å². The predicted octanol–water partition coefficient (Wildman–Crippen LogP) is 2.57. The molecule has 9 heteroatoms. The van der Waals surface area contributed by atoms with E-state index in [1.807, 2.05) is 29.2 Å². The van der Waals surface area contributed by atoms with E-state index < -0.39 is 0 Å². The fraction of sp³-hybridized carbons (Fsp3) is 0.333. The van der Waals surface area contributed by atoms with Gasteiger partial charge >= 0.3 is 0 Å². The molecule has 2 heterocycles. The molecule has 1 fully saturated rings. The average Bonchev–Trinajstić information content (AvgIpc) is 2.83. The first-order chi connectivity index (χ1) is 15.9. The Morgan fingerprint density at radius 3 is 2.64 bits per heavy atom. The summed E-state index contributed by atoms with van der Waals surface area (Å²) in [5, 5.41) is 3.52. The van der Waals surface area contributed by atoms with Crippen LogP contribution in [0.15, 0.2) is 47.3 Å². The lowest BCUT2D eigenvalue weighted by Crippen LogP contribution is -2.47. The molecule has 33 heavy (non-hydrogen) atoms. The van der Waals surface area contributed by atoms with Crippen molar-refractivity contribution < 1.29 is 14.3 Å². The molecule has 2 N–H and O–H groups in total. The van der Waals surface area contributed by atoms with Crippen molar-refractivity contribution in [2.24, 2.45) is 7.05 Å².